The van der Waals surface area contributed by atoms with Gasteiger partial charge in [0.25, 0.3) is 5.91 Å². The Morgan fingerprint density at radius 1 is 1.07 bits per heavy atom. The molecule has 1 aliphatic rings. The van der Waals surface area contributed by atoms with E-state index in [1.807, 2.05) is 6.07 Å². The fraction of sp³-hybridized carbons (Fsp3) is 0.300. The zero-order valence-corrected chi connectivity index (χ0v) is 15.4. The maximum absolute atomic E-state index is 12.5. The molecule has 0 radical (unpaired) electrons. The van der Waals surface area contributed by atoms with Gasteiger partial charge in [0.1, 0.15) is 11.5 Å². The number of hydrogen-bond acceptors (Lipinski definition) is 4. The van der Waals surface area contributed by atoms with Crippen LogP contribution >= 0.6 is 0 Å². The van der Waals surface area contributed by atoms with Gasteiger partial charge in [-0.15, -0.1) is 0 Å². The Morgan fingerprint density at radius 2 is 1.89 bits per heavy atom. The van der Waals surface area contributed by atoms with Gasteiger partial charge in [-0.3, -0.25) is 4.79 Å². The van der Waals surface area contributed by atoms with Gasteiger partial charge in [0.05, 0.1) is 14.2 Å². The summed E-state index contributed by atoms with van der Waals surface area (Å²) < 4.78 is 10.5. The van der Waals surface area contributed by atoms with Crippen molar-refractivity contribution in [2.24, 2.45) is 0 Å². The van der Waals surface area contributed by atoms with Crippen molar-refractivity contribution in [3.05, 3.63) is 53.6 Å². The lowest BCUT2D eigenvalue weighted by Crippen LogP contribution is -2.30. The Balaban J connectivity index is 1.62. The van der Waals surface area contributed by atoms with Crippen molar-refractivity contribution < 1.29 is 19.1 Å². The van der Waals surface area contributed by atoms with Crippen molar-refractivity contribution in [2.45, 2.75) is 25.4 Å². The lowest BCUT2D eigenvalue weighted by molar-refractivity contribution is 0.0950. The molecule has 0 heterocycles. The number of carbonyl (C=O) groups is 2. The molecule has 7 heteroatoms. The SMILES string of the molecule is COc1ccc(OC)c(CNC(=O)c2cccc(NC(=O)NC3CC3)c2)c1. The Kier molecular flexibility index (Phi) is 5.80. The van der Waals surface area contributed by atoms with Crippen LogP contribution in [-0.4, -0.2) is 32.2 Å². The van der Waals surface area contributed by atoms with E-state index in [-0.39, 0.29) is 18.0 Å². The van der Waals surface area contributed by atoms with Gasteiger partial charge in [0.15, 0.2) is 0 Å². The number of rotatable bonds is 7. The molecule has 2 aromatic carbocycles. The topological polar surface area (TPSA) is 88.7 Å². The predicted octanol–water partition coefficient (Wildman–Crippen LogP) is 2.92. The Morgan fingerprint density at radius 3 is 2.59 bits per heavy atom. The smallest absolute Gasteiger partial charge is 0.319 e. The van der Waals surface area contributed by atoms with Crippen molar-refractivity contribution in [3.8, 4) is 11.5 Å². The molecule has 0 aliphatic heterocycles. The first-order valence-corrected chi connectivity index (χ1v) is 8.75. The summed E-state index contributed by atoms with van der Waals surface area (Å²) >= 11 is 0. The Labute approximate surface area is 158 Å². The third kappa shape index (κ3) is 5.13. The first-order chi connectivity index (χ1) is 13.1. The highest BCUT2D eigenvalue weighted by molar-refractivity contribution is 5.97. The molecule has 0 unspecified atom stereocenters. The predicted molar refractivity (Wildman–Crippen MR) is 102 cm³/mol. The zero-order chi connectivity index (χ0) is 19.2. The van der Waals surface area contributed by atoms with Crippen molar-refractivity contribution in [3.63, 3.8) is 0 Å². The summed E-state index contributed by atoms with van der Waals surface area (Å²) in [5.41, 5.74) is 1.84. The van der Waals surface area contributed by atoms with Crippen LogP contribution in [0.1, 0.15) is 28.8 Å². The van der Waals surface area contributed by atoms with Crippen LogP contribution in [-0.2, 0) is 6.54 Å². The van der Waals surface area contributed by atoms with Crippen molar-refractivity contribution >= 4 is 17.6 Å². The normalized spacial score (nSPS) is 12.8. The molecule has 7 nitrogen and oxygen atoms in total. The highest BCUT2D eigenvalue weighted by atomic mass is 16.5. The van der Waals surface area contributed by atoms with E-state index in [4.69, 9.17) is 9.47 Å². The minimum Gasteiger partial charge on any atom is -0.497 e. The first-order valence-electron chi connectivity index (χ1n) is 8.75. The fourth-order valence-corrected chi connectivity index (χ4v) is 2.62. The number of hydrogen-bond donors (Lipinski definition) is 3. The number of amides is 3. The third-order valence-corrected chi connectivity index (χ3v) is 4.22. The molecule has 3 N–H and O–H groups in total. The lowest BCUT2D eigenvalue weighted by atomic mass is 10.1. The largest absolute Gasteiger partial charge is 0.497 e. The second-order valence-electron chi connectivity index (χ2n) is 6.31. The lowest BCUT2D eigenvalue weighted by Gasteiger charge is -2.12. The molecule has 1 saturated carbocycles. The van der Waals surface area contributed by atoms with E-state index in [1.54, 1.807) is 50.6 Å². The van der Waals surface area contributed by atoms with Crippen LogP contribution in [0.2, 0.25) is 0 Å². The van der Waals surface area contributed by atoms with E-state index in [1.165, 1.54) is 0 Å². The standard InChI is InChI=1S/C20H23N3O4/c1-26-17-8-9-18(27-2)14(11-17)12-21-19(24)13-4-3-5-16(10-13)23-20(25)22-15-6-7-15/h3-5,8-11,15H,6-7,12H2,1-2H3,(H,21,24)(H2,22,23,25). The number of carbonyl (C=O) groups excluding carboxylic acids is 2. The third-order valence-electron chi connectivity index (χ3n) is 4.22. The highest BCUT2D eigenvalue weighted by Crippen LogP contribution is 2.24. The molecule has 142 valence electrons. The number of benzene rings is 2. The molecule has 2 aromatic rings. The van der Waals surface area contributed by atoms with E-state index < -0.39 is 0 Å². The molecule has 0 saturated heterocycles. The van der Waals surface area contributed by atoms with Crippen LogP contribution in [0.25, 0.3) is 0 Å². The molecule has 0 atom stereocenters. The van der Waals surface area contributed by atoms with Crippen LogP contribution in [0.4, 0.5) is 10.5 Å². The summed E-state index contributed by atoms with van der Waals surface area (Å²) in [4.78, 5) is 24.3. The molecule has 1 aliphatic carbocycles. The molecular weight excluding hydrogens is 346 g/mol. The molecule has 0 spiro atoms. The second-order valence-corrected chi connectivity index (χ2v) is 6.31. The van der Waals surface area contributed by atoms with Gasteiger partial charge in [-0.2, -0.15) is 0 Å². The average Bonchev–Trinajstić information content (AvgIpc) is 3.49. The summed E-state index contributed by atoms with van der Waals surface area (Å²) in [6.07, 6.45) is 2.03. The van der Waals surface area contributed by atoms with Gasteiger partial charge < -0.3 is 25.4 Å². The highest BCUT2D eigenvalue weighted by Gasteiger charge is 2.23. The van der Waals surface area contributed by atoms with Gasteiger partial charge >= 0.3 is 6.03 Å². The molecule has 1 fully saturated rings. The molecular formula is C20H23N3O4. The molecule has 0 bridgehead atoms. The van der Waals surface area contributed by atoms with Crippen molar-refractivity contribution in [1.29, 1.82) is 0 Å². The quantitative estimate of drug-likeness (QED) is 0.700. The van der Waals surface area contributed by atoms with E-state index in [9.17, 15) is 9.59 Å². The molecule has 3 rings (SSSR count). The van der Waals surface area contributed by atoms with Crippen molar-refractivity contribution in [1.82, 2.24) is 10.6 Å². The number of nitrogens with one attached hydrogen (secondary N) is 3. The van der Waals surface area contributed by atoms with E-state index in [0.29, 0.717) is 29.3 Å². The molecule has 0 aromatic heterocycles. The van der Waals surface area contributed by atoms with Gasteiger partial charge in [-0.05, 0) is 49.2 Å². The van der Waals surface area contributed by atoms with Crippen LogP contribution in [0.5, 0.6) is 11.5 Å². The van der Waals surface area contributed by atoms with E-state index >= 15 is 0 Å². The minimum atomic E-state index is -0.254. The Bertz CT molecular complexity index is 834. The van der Waals surface area contributed by atoms with Gasteiger partial charge in [0, 0.05) is 29.4 Å². The average molecular weight is 369 g/mol. The summed E-state index contributed by atoms with van der Waals surface area (Å²) in [5.74, 6) is 1.11. The van der Waals surface area contributed by atoms with E-state index in [0.717, 1.165) is 18.4 Å². The van der Waals surface area contributed by atoms with Crippen LogP contribution in [0.3, 0.4) is 0 Å². The fourth-order valence-electron chi connectivity index (χ4n) is 2.62. The maximum atomic E-state index is 12.5. The second kappa shape index (κ2) is 8.44. The number of methoxy groups -OCH3 is 2. The van der Waals surface area contributed by atoms with Gasteiger partial charge in [0.2, 0.25) is 0 Å². The van der Waals surface area contributed by atoms with Crippen molar-refractivity contribution in [2.75, 3.05) is 19.5 Å². The van der Waals surface area contributed by atoms with Gasteiger partial charge in [-0.25, -0.2) is 4.79 Å². The molecule has 27 heavy (non-hydrogen) atoms. The summed E-state index contributed by atoms with van der Waals surface area (Å²) in [6.45, 7) is 0.291. The monoisotopic (exact) mass is 369 g/mol. The number of anilines is 1. The Hall–Kier alpha value is -3.22. The zero-order valence-electron chi connectivity index (χ0n) is 15.4. The van der Waals surface area contributed by atoms with Gasteiger partial charge in [-0.1, -0.05) is 6.07 Å². The van der Waals surface area contributed by atoms with Crippen LogP contribution in [0, 0.1) is 0 Å². The summed E-state index contributed by atoms with van der Waals surface area (Å²) in [7, 11) is 3.16. The van der Waals surface area contributed by atoms with E-state index in [2.05, 4.69) is 16.0 Å². The number of ether oxygens (including phenoxy) is 2. The number of urea groups is 1. The first kappa shape index (κ1) is 18.6. The molecule has 3 amide bonds. The van der Waals surface area contributed by atoms with Crippen LogP contribution < -0.4 is 25.4 Å². The maximum Gasteiger partial charge on any atom is 0.319 e. The summed E-state index contributed by atoms with van der Waals surface area (Å²) in [5, 5.41) is 8.46. The summed E-state index contributed by atoms with van der Waals surface area (Å²) in [6, 6.07) is 12.2. The minimum absolute atomic E-state index is 0.244. The van der Waals surface area contributed by atoms with Crippen LogP contribution in [0.15, 0.2) is 42.5 Å².